The highest BCUT2D eigenvalue weighted by molar-refractivity contribution is 7.98. The first-order valence-corrected chi connectivity index (χ1v) is 9.48. The number of nitrogens with one attached hydrogen (secondary N) is 1. The van der Waals surface area contributed by atoms with Gasteiger partial charge in [-0.05, 0) is 19.1 Å². The van der Waals surface area contributed by atoms with Gasteiger partial charge in [-0.3, -0.25) is 5.10 Å². The van der Waals surface area contributed by atoms with Gasteiger partial charge in [0.25, 0.3) is 0 Å². The number of aromatic nitrogens is 4. The highest BCUT2D eigenvalue weighted by Crippen LogP contribution is 2.24. The van der Waals surface area contributed by atoms with Crippen molar-refractivity contribution in [1.29, 1.82) is 0 Å². The molecule has 7 heteroatoms. The van der Waals surface area contributed by atoms with E-state index in [4.69, 9.17) is 9.15 Å². The number of hydrogen-bond donors (Lipinski definition) is 1. The number of nitrogens with zero attached hydrogens (tertiary/aromatic N) is 3. The molecule has 27 heavy (non-hydrogen) atoms. The number of ether oxygens (including phenoxy) is 1. The minimum atomic E-state index is 0.341. The van der Waals surface area contributed by atoms with Crippen molar-refractivity contribution in [2.45, 2.75) is 24.4 Å². The Morgan fingerprint density at radius 3 is 2.70 bits per heavy atom. The van der Waals surface area contributed by atoms with Gasteiger partial charge in [-0.2, -0.15) is 0 Å². The van der Waals surface area contributed by atoms with Crippen LogP contribution in [-0.4, -0.2) is 20.2 Å². The van der Waals surface area contributed by atoms with E-state index in [9.17, 15) is 0 Å². The lowest BCUT2D eigenvalue weighted by Crippen LogP contribution is -1.97. The summed E-state index contributed by atoms with van der Waals surface area (Å²) in [5.41, 5.74) is 2.21. The second-order valence-corrected chi connectivity index (χ2v) is 6.88. The number of rotatable bonds is 7. The summed E-state index contributed by atoms with van der Waals surface area (Å²) >= 11 is 1.46. The van der Waals surface area contributed by atoms with Crippen LogP contribution in [0.1, 0.15) is 17.3 Å². The van der Waals surface area contributed by atoms with E-state index in [2.05, 4.69) is 20.2 Å². The summed E-state index contributed by atoms with van der Waals surface area (Å²) in [6.45, 7) is 2.38. The van der Waals surface area contributed by atoms with Gasteiger partial charge in [-0.15, -0.1) is 5.10 Å². The van der Waals surface area contributed by atoms with Crippen molar-refractivity contribution in [3.05, 3.63) is 78.1 Å². The van der Waals surface area contributed by atoms with Gasteiger partial charge in [0.2, 0.25) is 11.0 Å². The van der Waals surface area contributed by atoms with Crippen LogP contribution in [0.3, 0.4) is 0 Å². The van der Waals surface area contributed by atoms with Crippen LogP contribution in [0, 0.1) is 6.92 Å². The van der Waals surface area contributed by atoms with Gasteiger partial charge < -0.3 is 9.15 Å². The van der Waals surface area contributed by atoms with E-state index in [0.29, 0.717) is 29.2 Å². The summed E-state index contributed by atoms with van der Waals surface area (Å²) in [6.07, 6.45) is 1.74. The number of benzene rings is 2. The molecule has 0 unspecified atom stereocenters. The summed E-state index contributed by atoms with van der Waals surface area (Å²) in [7, 11) is 0. The molecule has 0 aliphatic heterocycles. The van der Waals surface area contributed by atoms with Crippen molar-refractivity contribution >= 4 is 11.8 Å². The number of hydrogen-bond acceptors (Lipinski definition) is 6. The first kappa shape index (κ1) is 17.4. The lowest BCUT2D eigenvalue weighted by atomic mass is 10.2. The molecule has 0 radical (unpaired) electrons. The lowest BCUT2D eigenvalue weighted by molar-refractivity contribution is 0.296. The van der Waals surface area contributed by atoms with Crippen molar-refractivity contribution in [2.75, 3.05) is 0 Å². The molecule has 0 aliphatic rings. The Balaban J connectivity index is 1.31. The molecule has 4 rings (SSSR count). The SMILES string of the molecule is Cc1ccc(OCc2nc(SCc3ncc(-c4ccccc4)o3)n[nH]2)cc1. The Labute approximate surface area is 161 Å². The molecule has 1 N–H and O–H groups in total. The largest absolute Gasteiger partial charge is 0.486 e. The van der Waals surface area contributed by atoms with Crippen molar-refractivity contribution in [1.82, 2.24) is 20.2 Å². The molecule has 2 aromatic heterocycles. The van der Waals surface area contributed by atoms with Gasteiger partial charge in [-0.25, -0.2) is 9.97 Å². The van der Waals surface area contributed by atoms with Crippen LogP contribution in [0.4, 0.5) is 0 Å². The Bertz CT molecular complexity index is 996. The minimum absolute atomic E-state index is 0.341. The molecule has 0 fully saturated rings. The van der Waals surface area contributed by atoms with E-state index in [-0.39, 0.29) is 0 Å². The topological polar surface area (TPSA) is 76.8 Å². The van der Waals surface area contributed by atoms with Crippen LogP contribution in [0.5, 0.6) is 5.75 Å². The monoisotopic (exact) mass is 378 g/mol. The van der Waals surface area contributed by atoms with Gasteiger partial charge in [0.05, 0.1) is 11.9 Å². The molecule has 136 valence electrons. The first-order valence-electron chi connectivity index (χ1n) is 8.50. The second-order valence-electron chi connectivity index (χ2n) is 5.94. The molecule has 0 aliphatic carbocycles. The zero-order chi connectivity index (χ0) is 18.5. The van der Waals surface area contributed by atoms with Crippen LogP contribution >= 0.6 is 11.8 Å². The highest BCUT2D eigenvalue weighted by atomic mass is 32.2. The summed E-state index contributed by atoms with van der Waals surface area (Å²) in [5.74, 6) is 3.44. The second kappa shape index (κ2) is 8.09. The third-order valence-electron chi connectivity index (χ3n) is 3.84. The number of H-pyrrole nitrogens is 1. The van der Waals surface area contributed by atoms with E-state index in [1.807, 2.05) is 61.5 Å². The predicted molar refractivity (Wildman–Crippen MR) is 103 cm³/mol. The maximum absolute atomic E-state index is 5.79. The minimum Gasteiger partial charge on any atom is -0.486 e. The van der Waals surface area contributed by atoms with Gasteiger partial charge in [0, 0.05) is 5.56 Å². The summed E-state index contributed by atoms with van der Waals surface area (Å²) in [6, 6.07) is 17.8. The van der Waals surface area contributed by atoms with E-state index < -0.39 is 0 Å². The van der Waals surface area contributed by atoms with E-state index in [0.717, 1.165) is 17.1 Å². The van der Waals surface area contributed by atoms with Crippen LogP contribution in [0.25, 0.3) is 11.3 Å². The molecular weight excluding hydrogens is 360 g/mol. The molecule has 2 heterocycles. The van der Waals surface area contributed by atoms with Gasteiger partial charge in [-0.1, -0.05) is 59.8 Å². The molecule has 0 amide bonds. The summed E-state index contributed by atoms with van der Waals surface area (Å²) in [5, 5.41) is 7.73. The fourth-order valence-electron chi connectivity index (χ4n) is 2.43. The van der Waals surface area contributed by atoms with Crippen molar-refractivity contribution in [2.24, 2.45) is 0 Å². The van der Waals surface area contributed by atoms with Gasteiger partial charge >= 0.3 is 0 Å². The number of aryl methyl sites for hydroxylation is 1. The molecule has 0 atom stereocenters. The number of thioether (sulfide) groups is 1. The van der Waals surface area contributed by atoms with Crippen molar-refractivity contribution < 1.29 is 9.15 Å². The average molecular weight is 378 g/mol. The highest BCUT2D eigenvalue weighted by Gasteiger charge is 2.09. The molecule has 0 bridgehead atoms. The Morgan fingerprint density at radius 2 is 1.89 bits per heavy atom. The summed E-state index contributed by atoms with van der Waals surface area (Å²) in [4.78, 5) is 8.74. The Hall–Kier alpha value is -3.06. The van der Waals surface area contributed by atoms with Crippen LogP contribution < -0.4 is 4.74 Å². The molecule has 0 saturated heterocycles. The zero-order valence-corrected chi connectivity index (χ0v) is 15.6. The first-order chi connectivity index (χ1) is 13.3. The van der Waals surface area contributed by atoms with Crippen molar-refractivity contribution in [3.63, 3.8) is 0 Å². The molecule has 0 spiro atoms. The molecule has 6 nitrogen and oxygen atoms in total. The van der Waals surface area contributed by atoms with Gasteiger partial charge in [0.15, 0.2) is 11.6 Å². The molecule has 4 aromatic rings. The predicted octanol–water partition coefficient (Wildman–Crippen LogP) is 4.64. The third-order valence-corrected chi connectivity index (χ3v) is 4.68. The van der Waals surface area contributed by atoms with Gasteiger partial charge in [0.1, 0.15) is 12.4 Å². The maximum atomic E-state index is 5.79. The number of oxazole rings is 1. The fraction of sp³-hybridized carbons (Fsp3) is 0.150. The smallest absolute Gasteiger partial charge is 0.209 e. The van der Waals surface area contributed by atoms with Crippen molar-refractivity contribution in [3.8, 4) is 17.1 Å². The van der Waals surface area contributed by atoms with E-state index in [1.165, 1.54) is 17.3 Å². The third kappa shape index (κ3) is 4.57. The quantitative estimate of drug-likeness (QED) is 0.472. The Kier molecular flexibility index (Phi) is 5.20. The molecular formula is C20H18N4O2S. The van der Waals surface area contributed by atoms with E-state index in [1.54, 1.807) is 6.20 Å². The Morgan fingerprint density at radius 1 is 1.07 bits per heavy atom. The van der Waals surface area contributed by atoms with E-state index >= 15 is 0 Å². The fourth-order valence-corrected chi connectivity index (χ4v) is 3.10. The van der Waals surface area contributed by atoms with Crippen LogP contribution in [0.15, 0.2) is 70.4 Å². The van der Waals surface area contributed by atoms with Crippen LogP contribution in [-0.2, 0) is 12.4 Å². The molecule has 0 saturated carbocycles. The zero-order valence-electron chi connectivity index (χ0n) is 14.8. The van der Waals surface area contributed by atoms with Crippen LogP contribution in [0.2, 0.25) is 0 Å². The number of aromatic amines is 1. The lowest BCUT2D eigenvalue weighted by Gasteiger charge is -2.03. The molecule has 2 aromatic carbocycles. The maximum Gasteiger partial charge on any atom is 0.209 e. The summed E-state index contributed by atoms with van der Waals surface area (Å²) < 4.78 is 11.5. The standard InChI is InChI=1S/C20H18N4O2S/c1-14-7-9-16(10-8-14)25-12-18-22-20(24-23-18)27-13-19-21-11-17(26-19)15-5-3-2-4-6-15/h2-11H,12-13H2,1H3,(H,22,23,24). The average Bonchev–Trinajstić information content (AvgIpc) is 3.36. The normalized spacial score (nSPS) is 10.9.